The molecule has 0 fully saturated rings. The molecule has 0 bridgehead atoms. The number of rotatable bonds is 9. The minimum absolute atomic E-state index is 0.284. The van der Waals surface area contributed by atoms with E-state index >= 15 is 0 Å². The molecule has 0 saturated heterocycles. The van der Waals surface area contributed by atoms with Crippen LogP contribution in [0, 0.1) is 0 Å². The van der Waals surface area contributed by atoms with Gasteiger partial charge in [-0.1, -0.05) is 30.3 Å². The molecule has 0 aliphatic carbocycles. The molecule has 0 saturated carbocycles. The monoisotopic (exact) mass is 430 g/mol. The van der Waals surface area contributed by atoms with E-state index in [0.717, 1.165) is 11.3 Å². The molecule has 1 unspecified atom stereocenters. The minimum atomic E-state index is -0.679. The number of amides is 2. The molecule has 30 heavy (non-hydrogen) atoms. The van der Waals surface area contributed by atoms with Gasteiger partial charge in [0.15, 0.2) is 0 Å². The molecule has 0 aliphatic heterocycles. The van der Waals surface area contributed by atoms with E-state index in [2.05, 4.69) is 10.6 Å². The lowest BCUT2D eigenvalue weighted by Crippen LogP contribution is -2.46. The predicted molar refractivity (Wildman–Crippen MR) is 122 cm³/mol. The standard InChI is InChI=1S/C23H30N2O4S/c1-23(2,3)29-22(27)25-20(14-15-30-4)21(26)24-18-10-12-19(13-11-18)28-16-17-8-6-5-7-9-17/h5-13,20H,14-16H2,1-4H3,(H,24,26)(H,25,27). The van der Waals surface area contributed by atoms with Gasteiger partial charge in [-0.25, -0.2) is 4.79 Å². The summed E-state index contributed by atoms with van der Waals surface area (Å²) in [5, 5.41) is 5.51. The van der Waals surface area contributed by atoms with Crippen LogP contribution in [0.4, 0.5) is 10.5 Å². The Balaban J connectivity index is 1.92. The van der Waals surface area contributed by atoms with Gasteiger partial charge in [0, 0.05) is 5.69 Å². The quantitative estimate of drug-likeness (QED) is 0.595. The topological polar surface area (TPSA) is 76.7 Å². The summed E-state index contributed by atoms with van der Waals surface area (Å²) >= 11 is 1.61. The summed E-state index contributed by atoms with van der Waals surface area (Å²) in [6.45, 7) is 5.82. The lowest BCUT2D eigenvalue weighted by Gasteiger charge is -2.23. The van der Waals surface area contributed by atoms with E-state index in [1.54, 1.807) is 56.8 Å². The molecule has 7 heteroatoms. The molecular weight excluding hydrogens is 400 g/mol. The highest BCUT2D eigenvalue weighted by atomic mass is 32.2. The van der Waals surface area contributed by atoms with Gasteiger partial charge in [0.1, 0.15) is 24.0 Å². The van der Waals surface area contributed by atoms with Crippen LogP contribution < -0.4 is 15.4 Å². The van der Waals surface area contributed by atoms with Gasteiger partial charge >= 0.3 is 6.09 Å². The smallest absolute Gasteiger partial charge is 0.408 e. The van der Waals surface area contributed by atoms with Crippen molar-refractivity contribution in [2.45, 2.75) is 45.4 Å². The third kappa shape index (κ3) is 8.78. The van der Waals surface area contributed by atoms with E-state index in [1.807, 2.05) is 36.6 Å². The Hall–Kier alpha value is -2.67. The molecular formula is C23H30N2O4S. The number of benzene rings is 2. The number of carbonyl (C=O) groups is 2. The number of ether oxygens (including phenoxy) is 2. The van der Waals surface area contributed by atoms with Crippen LogP contribution in [0.1, 0.15) is 32.8 Å². The predicted octanol–water partition coefficient (Wildman–Crippen LogP) is 4.85. The first-order valence-electron chi connectivity index (χ1n) is 9.83. The molecule has 2 N–H and O–H groups in total. The van der Waals surface area contributed by atoms with E-state index in [9.17, 15) is 9.59 Å². The average Bonchev–Trinajstić information content (AvgIpc) is 2.70. The van der Waals surface area contributed by atoms with Crippen molar-refractivity contribution in [3.05, 3.63) is 60.2 Å². The first-order valence-corrected chi connectivity index (χ1v) is 11.2. The maximum Gasteiger partial charge on any atom is 0.408 e. The Bertz CT molecular complexity index is 804. The van der Waals surface area contributed by atoms with E-state index in [4.69, 9.17) is 9.47 Å². The zero-order valence-electron chi connectivity index (χ0n) is 17.9. The van der Waals surface area contributed by atoms with Gasteiger partial charge in [0.2, 0.25) is 5.91 Å². The van der Waals surface area contributed by atoms with Crippen molar-refractivity contribution in [3.63, 3.8) is 0 Å². The van der Waals surface area contributed by atoms with Crippen molar-refractivity contribution in [3.8, 4) is 5.75 Å². The number of hydrogen-bond donors (Lipinski definition) is 2. The van der Waals surface area contributed by atoms with Crippen LogP contribution in [-0.2, 0) is 16.1 Å². The van der Waals surface area contributed by atoms with Crippen LogP contribution in [0.3, 0.4) is 0 Å². The van der Waals surface area contributed by atoms with Crippen molar-refractivity contribution < 1.29 is 19.1 Å². The van der Waals surface area contributed by atoms with Crippen LogP contribution in [0.25, 0.3) is 0 Å². The van der Waals surface area contributed by atoms with Crippen molar-refractivity contribution in [1.29, 1.82) is 0 Å². The normalized spacial score (nSPS) is 12.0. The Kier molecular flexibility index (Phi) is 9.05. The van der Waals surface area contributed by atoms with Crippen LogP contribution in [0.5, 0.6) is 5.75 Å². The molecule has 0 aromatic heterocycles. The van der Waals surface area contributed by atoms with Crippen LogP contribution >= 0.6 is 11.8 Å². The molecule has 2 amide bonds. The number of alkyl carbamates (subject to hydrolysis) is 1. The summed E-state index contributed by atoms with van der Waals surface area (Å²) < 4.78 is 11.0. The SMILES string of the molecule is CSCCC(NC(=O)OC(C)(C)C)C(=O)Nc1ccc(OCc2ccccc2)cc1. The van der Waals surface area contributed by atoms with Gasteiger partial charge in [-0.15, -0.1) is 0 Å². The molecule has 162 valence electrons. The summed E-state index contributed by atoms with van der Waals surface area (Å²) in [5.74, 6) is 1.16. The second kappa shape index (κ2) is 11.5. The van der Waals surface area contributed by atoms with Crippen LogP contribution in [0.2, 0.25) is 0 Å². The third-order valence-electron chi connectivity index (χ3n) is 3.99. The number of carbonyl (C=O) groups excluding carboxylic acids is 2. The molecule has 0 aliphatic rings. The van der Waals surface area contributed by atoms with E-state index < -0.39 is 17.7 Å². The summed E-state index contributed by atoms with van der Waals surface area (Å²) in [6, 6.07) is 16.4. The number of thioether (sulfide) groups is 1. The highest BCUT2D eigenvalue weighted by molar-refractivity contribution is 7.98. The molecule has 2 rings (SSSR count). The summed E-state index contributed by atoms with van der Waals surface area (Å²) in [5.41, 5.74) is 1.09. The first-order chi connectivity index (χ1) is 14.3. The molecule has 0 heterocycles. The minimum Gasteiger partial charge on any atom is -0.489 e. The van der Waals surface area contributed by atoms with E-state index in [-0.39, 0.29) is 5.91 Å². The summed E-state index contributed by atoms with van der Waals surface area (Å²) in [4.78, 5) is 24.8. The molecule has 0 spiro atoms. The van der Waals surface area contributed by atoms with Gasteiger partial charge in [0.05, 0.1) is 0 Å². The van der Waals surface area contributed by atoms with Crippen LogP contribution in [-0.4, -0.2) is 35.7 Å². The summed E-state index contributed by atoms with van der Waals surface area (Å²) in [7, 11) is 0. The summed E-state index contributed by atoms with van der Waals surface area (Å²) in [6.07, 6.45) is 1.86. The second-order valence-corrected chi connectivity index (χ2v) is 8.75. The van der Waals surface area contributed by atoms with Crippen molar-refractivity contribution in [2.24, 2.45) is 0 Å². The van der Waals surface area contributed by atoms with Crippen molar-refractivity contribution in [2.75, 3.05) is 17.3 Å². The van der Waals surface area contributed by atoms with Crippen LogP contribution in [0.15, 0.2) is 54.6 Å². The first kappa shape index (κ1) is 23.6. The fourth-order valence-electron chi connectivity index (χ4n) is 2.56. The zero-order chi connectivity index (χ0) is 22.0. The van der Waals surface area contributed by atoms with Gasteiger partial charge in [-0.3, -0.25) is 4.79 Å². The fraction of sp³-hybridized carbons (Fsp3) is 0.391. The Morgan fingerprint density at radius 2 is 1.70 bits per heavy atom. The average molecular weight is 431 g/mol. The number of hydrogen-bond acceptors (Lipinski definition) is 5. The van der Waals surface area contributed by atoms with Crippen molar-refractivity contribution in [1.82, 2.24) is 5.32 Å². The lowest BCUT2D eigenvalue weighted by atomic mass is 10.2. The number of nitrogens with one attached hydrogen (secondary N) is 2. The van der Waals surface area contributed by atoms with E-state index in [1.165, 1.54) is 0 Å². The fourth-order valence-corrected chi connectivity index (χ4v) is 3.03. The maximum absolute atomic E-state index is 12.7. The molecule has 2 aromatic carbocycles. The van der Waals surface area contributed by atoms with Gasteiger partial charge in [-0.2, -0.15) is 11.8 Å². The zero-order valence-corrected chi connectivity index (χ0v) is 18.8. The maximum atomic E-state index is 12.7. The lowest BCUT2D eigenvalue weighted by molar-refractivity contribution is -0.118. The van der Waals surface area contributed by atoms with E-state index in [0.29, 0.717) is 24.5 Å². The molecule has 6 nitrogen and oxygen atoms in total. The highest BCUT2D eigenvalue weighted by Crippen LogP contribution is 2.18. The molecule has 1 atom stereocenters. The highest BCUT2D eigenvalue weighted by Gasteiger charge is 2.24. The Morgan fingerprint density at radius 1 is 1.03 bits per heavy atom. The second-order valence-electron chi connectivity index (χ2n) is 7.77. The largest absolute Gasteiger partial charge is 0.489 e. The number of anilines is 1. The van der Waals surface area contributed by atoms with Crippen molar-refractivity contribution >= 4 is 29.4 Å². The molecule has 0 radical (unpaired) electrons. The van der Waals surface area contributed by atoms with Gasteiger partial charge in [0.25, 0.3) is 0 Å². The van der Waals surface area contributed by atoms with Gasteiger partial charge in [-0.05, 0) is 69.0 Å². The third-order valence-corrected chi connectivity index (χ3v) is 4.63. The molecule has 2 aromatic rings. The Morgan fingerprint density at radius 3 is 2.30 bits per heavy atom. The Labute approximate surface area is 182 Å². The van der Waals surface area contributed by atoms with Gasteiger partial charge < -0.3 is 20.1 Å².